The third-order valence-corrected chi connectivity index (χ3v) is 3.24. The second-order valence-corrected chi connectivity index (χ2v) is 5.14. The van der Waals surface area contributed by atoms with E-state index < -0.39 is 12.1 Å². The number of hydrogen-bond donors (Lipinski definition) is 0. The Kier molecular flexibility index (Phi) is 6.98. The van der Waals surface area contributed by atoms with Crippen LogP contribution in [0.15, 0.2) is 35.9 Å². The van der Waals surface area contributed by atoms with Crippen molar-refractivity contribution < 1.29 is 14.3 Å². The number of carbonyl (C=O) groups excluding carboxylic acids is 1. The van der Waals surface area contributed by atoms with Crippen molar-refractivity contribution in [2.45, 2.75) is 31.8 Å². The Morgan fingerprint density at radius 2 is 1.96 bits per heavy atom. The Bertz CT molecular complexity index is 666. The van der Waals surface area contributed by atoms with Crippen molar-refractivity contribution >= 4 is 12.0 Å². The molecule has 0 saturated heterocycles. The highest BCUT2D eigenvalue weighted by molar-refractivity contribution is 5.72. The highest BCUT2D eigenvalue weighted by Crippen LogP contribution is 2.14. The lowest BCUT2D eigenvalue weighted by Gasteiger charge is -2.13. The normalized spacial score (nSPS) is 19.0. The smallest absolute Gasteiger partial charge is 0.333 e. The van der Waals surface area contributed by atoms with Crippen LogP contribution in [0.3, 0.4) is 0 Å². The molecule has 1 aliphatic rings. The van der Waals surface area contributed by atoms with Crippen molar-refractivity contribution in [3.63, 3.8) is 0 Å². The van der Waals surface area contributed by atoms with Gasteiger partial charge in [-0.25, -0.2) is 4.79 Å². The van der Waals surface area contributed by atoms with E-state index in [1.807, 2.05) is 36.4 Å². The van der Waals surface area contributed by atoms with Gasteiger partial charge in [0, 0.05) is 20.0 Å². The van der Waals surface area contributed by atoms with Gasteiger partial charge in [0.15, 0.2) is 6.10 Å². The van der Waals surface area contributed by atoms with Crippen molar-refractivity contribution in [2.75, 3.05) is 13.7 Å². The predicted molar refractivity (Wildman–Crippen MR) is 90.2 cm³/mol. The van der Waals surface area contributed by atoms with Crippen molar-refractivity contribution in [2.24, 2.45) is 0 Å². The molecule has 0 aliphatic heterocycles. The molecule has 1 aromatic rings. The van der Waals surface area contributed by atoms with Gasteiger partial charge >= 0.3 is 5.97 Å². The van der Waals surface area contributed by atoms with Crippen LogP contribution in [-0.2, 0) is 14.3 Å². The summed E-state index contributed by atoms with van der Waals surface area (Å²) in [5.74, 6) is 12.0. The molecule has 3 nitrogen and oxygen atoms in total. The molecule has 1 aliphatic carbocycles. The summed E-state index contributed by atoms with van der Waals surface area (Å²) in [6, 6.07) is 9.83. The second kappa shape index (κ2) is 9.51. The number of ether oxygens (including phenoxy) is 2. The number of esters is 1. The Morgan fingerprint density at radius 1 is 1.22 bits per heavy atom. The van der Waals surface area contributed by atoms with E-state index >= 15 is 0 Å². The fraction of sp³-hybridized carbons (Fsp3) is 0.350. The van der Waals surface area contributed by atoms with Crippen molar-refractivity contribution in [1.82, 2.24) is 0 Å². The highest BCUT2D eigenvalue weighted by Gasteiger charge is 2.16. The zero-order valence-electron chi connectivity index (χ0n) is 13.3. The Balaban J connectivity index is 2.31. The summed E-state index contributed by atoms with van der Waals surface area (Å²) in [4.78, 5) is 11.8. The van der Waals surface area contributed by atoms with Crippen LogP contribution in [0.4, 0.5) is 0 Å². The highest BCUT2D eigenvalue weighted by atomic mass is 16.6. The van der Waals surface area contributed by atoms with Gasteiger partial charge in [0.1, 0.15) is 6.61 Å². The Labute approximate surface area is 137 Å². The molecule has 118 valence electrons. The van der Waals surface area contributed by atoms with Crippen molar-refractivity contribution in [1.29, 1.82) is 0 Å². The van der Waals surface area contributed by atoms with Gasteiger partial charge in [-0.15, -0.1) is 0 Å². The molecule has 0 bridgehead atoms. The van der Waals surface area contributed by atoms with E-state index in [1.165, 1.54) is 7.11 Å². The van der Waals surface area contributed by atoms with Gasteiger partial charge in [0.05, 0.1) is 5.57 Å². The lowest BCUT2D eigenvalue weighted by Crippen LogP contribution is -2.21. The maximum absolute atomic E-state index is 11.8. The van der Waals surface area contributed by atoms with E-state index in [-0.39, 0.29) is 6.61 Å². The first-order chi connectivity index (χ1) is 11.3. The van der Waals surface area contributed by atoms with E-state index in [2.05, 4.69) is 23.7 Å². The Morgan fingerprint density at radius 3 is 2.70 bits per heavy atom. The van der Waals surface area contributed by atoms with Crippen molar-refractivity contribution in [3.8, 4) is 23.7 Å². The summed E-state index contributed by atoms with van der Waals surface area (Å²) < 4.78 is 10.3. The molecule has 1 aromatic carbocycles. The minimum Gasteiger partial charge on any atom is -0.442 e. The zero-order chi connectivity index (χ0) is 16.3. The molecule has 1 atom stereocenters. The van der Waals surface area contributed by atoms with Crippen LogP contribution < -0.4 is 0 Å². The molecule has 0 saturated carbocycles. The number of rotatable bonds is 4. The third kappa shape index (κ3) is 6.02. The third-order valence-electron chi connectivity index (χ3n) is 3.24. The van der Waals surface area contributed by atoms with E-state index in [9.17, 15) is 4.79 Å². The topological polar surface area (TPSA) is 35.5 Å². The summed E-state index contributed by atoms with van der Waals surface area (Å²) in [6.45, 7) is -0.0930. The lowest BCUT2D eigenvalue weighted by molar-refractivity contribution is -0.149. The lowest BCUT2D eigenvalue weighted by atomic mass is 10.0. The van der Waals surface area contributed by atoms with Gasteiger partial charge in [-0.1, -0.05) is 54.0 Å². The molecular formula is C20H20O3. The maximum atomic E-state index is 11.8. The first-order valence-electron chi connectivity index (χ1n) is 7.72. The number of benzene rings is 1. The summed E-state index contributed by atoms with van der Waals surface area (Å²) in [7, 11) is 1.46. The minimum absolute atomic E-state index is 0.0930. The van der Waals surface area contributed by atoms with Crippen LogP contribution in [0.5, 0.6) is 0 Å². The number of hydrogen-bond acceptors (Lipinski definition) is 3. The van der Waals surface area contributed by atoms with Gasteiger partial charge in [-0.05, 0) is 24.5 Å². The SMILES string of the molecule is COCC(=O)OC1C#CCCCCC#C/C1=C\c1ccccc1. The van der Waals surface area contributed by atoms with Gasteiger partial charge in [0.25, 0.3) is 0 Å². The molecule has 0 fully saturated rings. The van der Waals surface area contributed by atoms with E-state index in [4.69, 9.17) is 9.47 Å². The van der Waals surface area contributed by atoms with Crippen LogP contribution >= 0.6 is 0 Å². The zero-order valence-corrected chi connectivity index (χ0v) is 13.3. The molecule has 0 radical (unpaired) electrons. The molecule has 1 unspecified atom stereocenters. The molecule has 3 heteroatoms. The Hall–Kier alpha value is -2.49. The predicted octanol–water partition coefficient (Wildman–Crippen LogP) is 3.21. The van der Waals surface area contributed by atoms with Gasteiger partial charge in [0.2, 0.25) is 0 Å². The molecule has 0 heterocycles. The van der Waals surface area contributed by atoms with E-state index in [0.29, 0.717) is 5.57 Å². The summed E-state index contributed by atoms with van der Waals surface area (Å²) in [6.07, 6.45) is 4.94. The van der Waals surface area contributed by atoms with Crippen LogP contribution in [0.2, 0.25) is 0 Å². The number of carbonyl (C=O) groups is 1. The van der Waals surface area contributed by atoms with Gasteiger partial charge in [-0.2, -0.15) is 0 Å². The molecule has 0 amide bonds. The first-order valence-corrected chi connectivity index (χ1v) is 7.72. The average molecular weight is 308 g/mol. The summed E-state index contributed by atoms with van der Waals surface area (Å²) in [5, 5.41) is 0. The molecule has 0 N–H and O–H groups in total. The monoisotopic (exact) mass is 308 g/mol. The van der Waals surface area contributed by atoms with E-state index in [0.717, 1.165) is 31.2 Å². The molecule has 23 heavy (non-hydrogen) atoms. The van der Waals surface area contributed by atoms with Crippen molar-refractivity contribution in [3.05, 3.63) is 41.5 Å². The first kappa shape index (κ1) is 16.9. The summed E-state index contributed by atoms with van der Waals surface area (Å²) >= 11 is 0. The fourth-order valence-corrected chi connectivity index (χ4v) is 2.12. The van der Waals surface area contributed by atoms with Gasteiger partial charge < -0.3 is 9.47 Å². The molecular weight excluding hydrogens is 288 g/mol. The molecule has 2 rings (SSSR count). The van der Waals surface area contributed by atoms with Gasteiger partial charge in [-0.3, -0.25) is 0 Å². The van der Waals surface area contributed by atoms with Crippen LogP contribution in [0.1, 0.15) is 31.2 Å². The average Bonchev–Trinajstić information content (AvgIpc) is 2.56. The minimum atomic E-state index is -0.650. The molecule has 0 spiro atoms. The fourth-order valence-electron chi connectivity index (χ4n) is 2.12. The summed E-state index contributed by atoms with van der Waals surface area (Å²) in [5.41, 5.74) is 1.71. The van der Waals surface area contributed by atoms with Crippen LogP contribution in [0.25, 0.3) is 6.08 Å². The number of methoxy groups -OCH3 is 1. The van der Waals surface area contributed by atoms with Crippen LogP contribution in [0, 0.1) is 23.7 Å². The molecule has 0 aromatic heterocycles. The standard InChI is InChI=1S/C20H20O3/c1-22-16-20(21)23-19-14-10-5-3-2-4-9-13-18(19)15-17-11-7-6-8-12-17/h6-8,11-12,15,19H,2-5,16H2,1H3/b18-15+. The maximum Gasteiger partial charge on any atom is 0.333 e. The van der Waals surface area contributed by atoms with E-state index in [1.54, 1.807) is 0 Å². The quantitative estimate of drug-likeness (QED) is 0.633. The van der Waals surface area contributed by atoms with Crippen LogP contribution in [-0.4, -0.2) is 25.8 Å². The second-order valence-electron chi connectivity index (χ2n) is 5.14. The largest absolute Gasteiger partial charge is 0.442 e.